The van der Waals surface area contributed by atoms with Crippen molar-refractivity contribution in [2.24, 2.45) is 0 Å². The number of piperazine rings is 1. The summed E-state index contributed by atoms with van der Waals surface area (Å²) in [6.07, 6.45) is 2.66. The second-order valence-corrected chi connectivity index (χ2v) is 6.78. The number of aromatic nitrogens is 2. The Balaban J connectivity index is 1.44. The molecule has 0 bridgehead atoms. The van der Waals surface area contributed by atoms with Crippen LogP contribution in [0.3, 0.4) is 0 Å². The van der Waals surface area contributed by atoms with Crippen LogP contribution in [0.15, 0.2) is 30.5 Å². The molecule has 4 rings (SSSR count). The van der Waals surface area contributed by atoms with Gasteiger partial charge >= 0.3 is 0 Å². The van der Waals surface area contributed by atoms with Gasteiger partial charge in [0.1, 0.15) is 5.69 Å². The van der Waals surface area contributed by atoms with Gasteiger partial charge < -0.3 is 9.80 Å². The quantitative estimate of drug-likeness (QED) is 0.827. The Morgan fingerprint density at radius 3 is 2.62 bits per heavy atom. The van der Waals surface area contributed by atoms with E-state index >= 15 is 0 Å². The lowest BCUT2D eigenvalue weighted by Crippen LogP contribution is -2.50. The van der Waals surface area contributed by atoms with E-state index in [0.717, 1.165) is 56.7 Å². The SMILES string of the molecule is CN1CCN([C@H]2CCN(C(=O)c3cnc4ccccc4n3)C2)CC1. The third kappa shape index (κ3) is 2.99. The molecule has 6 nitrogen and oxygen atoms in total. The predicted octanol–water partition coefficient (Wildman–Crippen LogP) is 1.09. The third-order valence-electron chi connectivity index (χ3n) is 5.17. The van der Waals surface area contributed by atoms with Crippen LogP contribution in [0.5, 0.6) is 0 Å². The fourth-order valence-electron chi connectivity index (χ4n) is 3.63. The van der Waals surface area contributed by atoms with Crippen molar-refractivity contribution in [3.63, 3.8) is 0 Å². The van der Waals surface area contributed by atoms with Crippen molar-refractivity contribution in [3.05, 3.63) is 36.2 Å². The standard InChI is InChI=1S/C18H23N5O/c1-21-8-10-22(11-9-21)14-6-7-23(13-14)18(24)17-12-19-15-4-2-3-5-16(15)20-17/h2-5,12,14H,6-11,13H2,1H3/t14-/m0/s1. The third-order valence-corrected chi connectivity index (χ3v) is 5.17. The molecule has 24 heavy (non-hydrogen) atoms. The Hall–Kier alpha value is -2.05. The lowest BCUT2D eigenvalue weighted by molar-refractivity contribution is 0.0750. The molecule has 0 N–H and O–H groups in total. The van der Waals surface area contributed by atoms with Crippen LogP contribution in [0.4, 0.5) is 0 Å². The lowest BCUT2D eigenvalue weighted by Gasteiger charge is -2.36. The zero-order chi connectivity index (χ0) is 16.5. The Kier molecular flexibility index (Phi) is 4.16. The van der Waals surface area contributed by atoms with E-state index in [1.807, 2.05) is 29.2 Å². The second-order valence-electron chi connectivity index (χ2n) is 6.78. The molecule has 1 amide bonds. The Morgan fingerprint density at radius 1 is 1.08 bits per heavy atom. The van der Waals surface area contributed by atoms with Crippen molar-refractivity contribution in [1.82, 2.24) is 24.7 Å². The van der Waals surface area contributed by atoms with Gasteiger partial charge in [-0.1, -0.05) is 12.1 Å². The van der Waals surface area contributed by atoms with Gasteiger partial charge in [0.15, 0.2) is 0 Å². The van der Waals surface area contributed by atoms with E-state index in [1.54, 1.807) is 6.20 Å². The first kappa shape index (κ1) is 15.5. The maximum atomic E-state index is 12.8. The Morgan fingerprint density at radius 2 is 1.83 bits per heavy atom. The molecule has 2 aliphatic heterocycles. The molecule has 0 saturated carbocycles. The molecule has 1 aromatic heterocycles. The van der Waals surface area contributed by atoms with Gasteiger partial charge in [0.05, 0.1) is 17.2 Å². The Labute approximate surface area is 142 Å². The van der Waals surface area contributed by atoms with Gasteiger partial charge in [-0.2, -0.15) is 0 Å². The van der Waals surface area contributed by atoms with Crippen LogP contribution in [0.25, 0.3) is 11.0 Å². The van der Waals surface area contributed by atoms with E-state index < -0.39 is 0 Å². The summed E-state index contributed by atoms with van der Waals surface area (Å²) >= 11 is 0. The number of benzene rings is 1. The van der Waals surface area contributed by atoms with Gasteiger partial charge in [0, 0.05) is 45.3 Å². The van der Waals surface area contributed by atoms with Gasteiger partial charge in [0.25, 0.3) is 5.91 Å². The molecular formula is C18H23N5O. The van der Waals surface area contributed by atoms with Crippen molar-refractivity contribution in [2.45, 2.75) is 12.5 Å². The first-order valence-corrected chi connectivity index (χ1v) is 8.64. The molecule has 2 saturated heterocycles. The predicted molar refractivity (Wildman–Crippen MR) is 92.9 cm³/mol. The fourth-order valence-corrected chi connectivity index (χ4v) is 3.63. The normalized spacial score (nSPS) is 23.0. The van der Waals surface area contributed by atoms with E-state index in [1.165, 1.54) is 0 Å². The van der Waals surface area contributed by atoms with Gasteiger partial charge in [0.2, 0.25) is 0 Å². The molecule has 0 radical (unpaired) electrons. The van der Waals surface area contributed by atoms with E-state index in [4.69, 9.17) is 0 Å². The van der Waals surface area contributed by atoms with Gasteiger partial charge in [-0.25, -0.2) is 4.98 Å². The first-order chi connectivity index (χ1) is 11.7. The lowest BCUT2D eigenvalue weighted by atomic mass is 10.2. The minimum Gasteiger partial charge on any atom is -0.336 e. The van der Waals surface area contributed by atoms with Crippen molar-refractivity contribution >= 4 is 16.9 Å². The summed E-state index contributed by atoms with van der Waals surface area (Å²) in [6, 6.07) is 8.15. The number of rotatable bonds is 2. The summed E-state index contributed by atoms with van der Waals surface area (Å²) in [7, 11) is 2.17. The topological polar surface area (TPSA) is 52.6 Å². The van der Waals surface area contributed by atoms with Crippen LogP contribution < -0.4 is 0 Å². The van der Waals surface area contributed by atoms with Gasteiger partial charge in [-0.05, 0) is 25.6 Å². The molecule has 2 fully saturated rings. The number of carbonyl (C=O) groups excluding carboxylic acids is 1. The van der Waals surface area contributed by atoms with E-state index in [9.17, 15) is 4.79 Å². The summed E-state index contributed by atoms with van der Waals surface area (Å²) in [5.74, 6) is 0.00452. The molecule has 2 aromatic rings. The van der Waals surface area contributed by atoms with E-state index in [-0.39, 0.29) is 5.91 Å². The van der Waals surface area contributed by atoms with Gasteiger partial charge in [-0.15, -0.1) is 0 Å². The number of hydrogen-bond acceptors (Lipinski definition) is 5. The molecular weight excluding hydrogens is 302 g/mol. The number of likely N-dealkylation sites (N-methyl/N-ethyl adjacent to an activating group) is 1. The maximum absolute atomic E-state index is 12.8. The highest BCUT2D eigenvalue weighted by molar-refractivity contribution is 5.94. The van der Waals surface area contributed by atoms with Crippen LogP contribution in [0.2, 0.25) is 0 Å². The minimum atomic E-state index is 0.00452. The number of carbonyl (C=O) groups is 1. The molecule has 0 aliphatic carbocycles. The molecule has 2 aliphatic rings. The molecule has 6 heteroatoms. The number of hydrogen-bond donors (Lipinski definition) is 0. The van der Waals surface area contributed by atoms with Crippen LogP contribution in [0, 0.1) is 0 Å². The number of fused-ring (bicyclic) bond motifs is 1. The van der Waals surface area contributed by atoms with Crippen LogP contribution in [0.1, 0.15) is 16.9 Å². The van der Waals surface area contributed by atoms with Crippen LogP contribution >= 0.6 is 0 Å². The Bertz CT molecular complexity index is 741. The van der Waals surface area contributed by atoms with Crippen molar-refractivity contribution in [2.75, 3.05) is 46.3 Å². The van der Waals surface area contributed by atoms with Gasteiger partial charge in [-0.3, -0.25) is 14.7 Å². The molecule has 1 atom stereocenters. The van der Waals surface area contributed by atoms with E-state index in [2.05, 4.69) is 26.8 Å². The highest BCUT2D eigenvalue weighted by atomic mass is 16.2. The van der Waals surface area contributed by atoms with Crippen LogP contribution in [-0.2, 0) is 0 Å². The zero-order valence-electron chi connectivity index (χ0n) is 14.1. The average molecular weight is 325 g/mol. The van der Waals surface area contributed by atoms with Crippen LogP contribution in [-0.4, -0.2) is 82.9 Å². The summed E-state index contributed by atoms with van der Waals surface area (Å²) in [4.78, 5) is 28.4. The number of likely N-dealkylation sites (tertiary alicyclic amines) is 1. The zero-order valence-corrected chi connectivity index (χ0v) is 14.1. The summed E-state index contributed by atoms with van der Waals surface area (Å²) < 4.78 is 0. The molecule has 3 heterocycles. The molecule has 1 aromatic carbocycles. The summed E-state index contributed by atoms with van der Waals surface area (Å²) in [5, 5.41) is 0. The molecule has 0 unspecified atom stereocenters. The molecule has 126 valence electrons. The number of amides is 1. The first-order valence-electron chi connectivity index (χ1n) is 8.64. The molecule has 0 spiro atoms. The van der Waals surface area contributed by atoms with Crippen molar-refractivity contribution in [1.29, 1.82) is 0 Å². The van der Waals surface area contributed by atoms with Crippen molar-refractivity contribution < 1.29 is 4.79 Å². The second kappa shape index (κ2) is 6.45. The smallest absolute Gasteiger partial charge is 0.274 e. The fraction of sp³-hybridized carbons (Fsp3) is 0.500. The monoisotopic (exact) mass is 325 g/mol. The number of nitrogens with zero attached hydrogens (tertiary/aromatic N) is 5. The largest absolute Gasteiger partial charge is 0.336 e. The van der Waals surface area contributed by atoms with E-state index in [0.29, 0.717) is 11.7 Å². The average Bonchev–Trinajstić information content (AvgIpc) is 3.11. The highest BCUT2D eigenvalue weighted by Crippen LogP contribution is 2.19. The highest BCUT2D eigenvalue weighted by Gasteiger charge is 2.32. The van der Waals surface area contributed by atoms with Crippen molar-refractivity contribution in [3.8, 4) is 0 Å². The summed E-state index contributed by atoms with van der Waals surface area (Å²) in [6.45, 7) is 6.03. The minimum absolute atomic E-state index is 0.00452. The summed E-state index contributed by atoms with van der Waals surface area (Å²) in [5.41, 5.74) is 2.05. The maximum Gasteiger partial charge on any atom is 0.274 e. The number of para-hydroxylation sites is 2.